The van der Waals surface area contributed by atoms with Gasteiger partial charge in [0.15, 0.2) is 5.16 Å². The number of carbonyl (C=O) groups excluding carboxylic acids is 1. The van der Waals surface area contributed by atoms with Crippen molar-refractivity contribution in [3.63, 3.8) is 0 Å². The zero-order valence-electron chi connectivity index (χ0n) is 15.9. The average molecular weight is 407 g/mol. The van der Waals surface area contributed by atoms with E-state index in [2.05, 4.69) is 43.4 Å². The third-order valence-electron chi connectivity index (χ3n) is 5.14. The van der Waals surface area contributed by atoms with E-state index >= 15 is 0 Å². The predicted molar refractivity (Wildman–Crippen MR) is 112 cm³/mol. The summed E-state index contributed by atoms with van der Waals surface area (Å²) in [6.45, 7) is 3.25. The van der Waals surface area contributed by atoms with Gasteiger partial charge in [0, 0.05) is 13.1 Å². The molecule has 0 spiro atoms. The van der Waals surface area contributed by atoms with E-state index in [0.29, 0.717) is 38.6 Å². The number of carbonyl (C=O) groups is 1. The van der Waals surface area contributed by atoms with Gasteiger partial charge in [-0.3, -0.25) is 9.20 Å². The molecule has 1 aliphatic heterocycles. The number of amides is 1. The Morgan fingerprint density at radius 2 is 1.69 bits per heavy atom. The molecule has 1 fully saturated rings. The number of thioether (sulfide) groups is 1. The summed E-state index contributed by atoms with van der Waals surface area (Å²) in [5.41, 5.74) is 3.35. The molecule has 2 aromatic heterocycles. The Hall–Kier alpha value is -2.84. The van der Waals surface area contributed by atoms with Crippen molar-refractivity contribution in [2.24, 2.45) is 0 Å². The van der Waals surface area contributed by atoms with Crippen LogP contribution in [0.4, 0.5) is 0 Å². The molecule has 7 nitrogen and oxygen atoms in total. The standard InChI is InChI=1S/C21H21N5O2S/c27-19(24-10-12-28-13-11-24)15-29-21-23-22-20-25(14-16-6-2-1-3-7-16)17-8-4-5-9-18(17)26(20)21/h1-9H,10-15H2. The lowest BCUT2D eigenvalue weighted by Crippen LogP contribution is -2.41. The number of benzene rings is 2. The third kappa shape index (κ3) is 3.49. The van der Waals surface area contributed by atoms with E-state index in [4.69, 9.17) is 4.74 Å². The lowest BCUT2D eigenvalue weighted by atomic mass is 10.2. The van der Waals surface area contributed by atoms with Crippen LogP contribution in [0.3, 0.4) is 0 Å². The molecule has 29 heavy (non-hydrogen) atoms. The molecule has 148 valence electrons. The second-order valence-electron chi connectivity index (χ2n) is 6.96. The number of imidazole rings is 1. The van der Waals surface area contributed by atoms with E-state index in [-0.39, 0.29) is 5.91 Å². The van der Waals surface area contributed by atoms with Gasteiger partial charge in [0.2, 0.25) is 11.7 Å². The minimum absolute atomic E-state index is 0.114. The largest absolute Gasteiger partial charge is 0.378 e. The third-order valence-corrected chi connectivity index (χ3v) is 6.06. The topological polar surface area (TPSA) is 64.7 Å². The molecule has 0 saturated carbocycles. The van der Waals surface area contributed by atoms with Gasteiger partial charge in [0.05, 0.1) is 36.5 Å². The van der Waals surface area contributed by atoms with Crippen molar-refractivity contribution in [3.8, 4) is 0 Å². The molecule has 5 rings (SSSR count). The Kier molecular flexibility index (Phi) is 4.95. The summed E-state index contributed by atoms with van der Waals surface area (Å²) < 4.78 is 9.55. The average Bonchev–Trinajstić information content (AvgIpc) is 3.33. The highest BCUT2D eigenvalue weighted by molar-refractivity contribution is 7.99. The quantitative estimate of drug-likeness (QED) is 0.476. The SMILES string of the molecule is O=C(CSc1nnc2n(Cc3ccccc3)c3ccccc3n12)N1CCOCC1. The Morgan fingerprint density at radius 1 is 0.966 bits per heavy atom. The van der Waals surface area contributed by atoms with Crippen LogP contribution in [0.2, 0.25) is 0 Å². The summed E-state index contributed by atoms with van der Waals surface area (Å²) in [7, 11) is 0. The lowest BCUT2D eigenvalue weighted by molar-refractivity contribution is -0.132. The highest BCUT2D eigenvalue weighted by atomic mass is 32.2. The van der Waals surface area contributed by atoms with E-state index in [9.17, 15) is 4.79 Å². The van der Waals surface area contributed by atoms with E-state index in [1.165, 1.54) is 17.3 Å². The maximum absolute atomic E-state index is 12.5. The molecule has 1 aliphatic rings. The molecule has 1 saturated heterocycles. The molecule has 4 aromatic rings. The number of hydrogen-bond donors (Lipinski definition) is 0. The maximum atomic E-state index is 12.5. The first-order valence-corrected chi connectivity index (χ1v) is 10.6. The van der Waals surface area contributed by atoms with Gasteiger partial charge in [-0.15, -0.1) is 10.2 Å². The van der Waals surface area contributed by atoms with Crippen LogP contribution in [-0.2, 0) is 16.1 Å². The Bertz CT molecular complexity index is 1150. The Labute approximate surface area is 172 Å². The fraction of sp³-hybridized carbons (Fsp3) is 0.286. The van der Waals surface area contributed by atoms with Crippen molar-refractivity contribution in [3.05, 3.63) is 60.2 Å². The van der Waals surface area contributed by atoms with Gasteiger partial charge in [-0.05, 0) is 17.7 Å². The van der Waals surface area contributed by atoms with Crippen LogP contribution in [0.25, 0.3) is 16.8 Å². The fourth-order valence-electron chi connectivity index (χ4n) is 3.68. The van der Waals surface area contributed by atoms with Gasteiger partial charge in [-0.2, -0.15) is 0 Å². The first-order chi connectivity index (χ1) is 14.3. The van der Waals surface area contributed by atoms with Crippen LogP contribution in [0, 0.1) is 0 Å². The zero-order valence-corrected chi connectivity index (χ0v) is 16.7. The highest BCUT2D eigenvalue weighted by Crippen LogP contribution is 2.26. The van der Waals surface area contributed by atoms with Crippen molar-refractivity contribution in [2.45, 2.75) is 11.7 Å². The number of hydrogen-bond acceptors (Lipinski definition) is 5. The van der Waals surface area contributed by atoms with Gasteiger partial charge in [0.1, 0.15) is 0 Å². The minimum atomic E-state index is 0.114. The van der Waals surface area contributed by atoms with Crippen LogP contribution < -0.4 is 0 Å². The summed E-state index contributed by atoms with van der Waals surface area (Å²) in [5.74, 6) is 1.25. The number of aromatic nitrogens is 4. The molecule has 0 bridgehead atoms. The van der Waals surface area contributed by atoms with Gasteiger partial charge in [-0.25, -0.2) is 0 Å². The predicted octanol–water partition coefficient (Wildman–Crippen LogP) is 2.68. The van der Waals surface area contributed by atoms with Gasteiger partial charge in [0.25, 0.3) is 0 Å². The zero-order chi connectivity index (χ0) is 19.6. The molecule has 8 heteroatoms. The van der Waals surface area contributed by atoms with Gasteiger partial charge >= 0.3 is 0 Å². The highest BCUT2D eigenvalue weighted by Gasteiger charge is 2.20. The van der Waals surface area contributed by atoms with E-state index in [1.807, 2.05) is 35.2 Å². The van der Waals surface area contributed by atoms with Crippen molar-refractivity contribution in [1.29, 1.82) is 0 Å². The molecule has 0 N–H and O–H groups in total. The van der Waals surface area contributed by atoms with Crippen LogP contribution in [0.15, 0.2) is 59.8 Å². The Morgan fingerprint density at radius 3 is 2.48 bits per heavy atom. The van der Waals surface area contributed by atoms with Crippen LogP contribution in [-0.4, -0.2) is 62.0 Å². The molecule has 0 aliphatic carbocycles. The maximum Gasteiger partial charge on any atom is 0.237 e. The lowest BCUT2D eigenvalue weighted by Gasteiger charge is -2.26. The number of morpholine rings is 1. The van der Waals surface area contributed by atoms with E-state index < -0.39 is 0 Å². The summed E-state index contributed by atoms with van der Waals surface area (Å²) in [6, 6.07) is 18.5. The minimum Gasteiger partial charge on any atom is -0.378 e. The molecular formula is C21H21N5O2S. The Balaban J connectivity index is 1.46. The normalized spacial score (nSPS) is 14.7. The summed E-state index contributed by atoms with van der Waals surface area (Å²) in [4.78, 5) is 14.4. The first-order valence-electron chi connectivity index (χ1n) is 9.66. The monoisotopic (exact) mass is 407 g/mol. The van der Waals surface area contributed by atoms with Crippen molar-refractivity contribution < 1.29 is 9.53 Å². The fourth-order valence-corrected chi connectivity index (χ4v) is 4.53. The number of fused-ring (bicyclic) bond motifs is 3. The van der Waals surface area contributed by atoms with Gasteiger partial charge < -0.3 is 14.2 Å². The van der Waals surface area contributed by atoms with Crippen LogP contribution >= 0.6 is 11.8 Å². The van der Waals surface area contributed by atoms with Crippen LogP contribution in [0.5, 0.6) is 0 Å². The second kappa shape index (κ2) is 7.88. The smallest absolute Gasteiger partial charge is 0.237 e. The van der Waals surface area contributed by atoms with Crippen molar-refractivity contribution in [1.82, 2.24) is 24.1 Å². The summed E-state index contributed by atoms with van der Waals surface area (Å²) in [6.07, 6.45) is 0. The number of ether oxygens (including phenoxy) is 1. The molecule has 0 unspecified atom stereocenters. The molecule has 3 heterocycles. The first kappa shape index (κ1) is 18.2. The molecule has 0 atom stereocenters. The van der Waals surface area contributed by atoms with Crippen molar-refractivity contribution in [2.75, 3.05) is 32.1 Å². The molecule has 0 radical (unpaired) electrons. The number of para-hydroxylation sites is 2. The van der Waals surface area contributed by atoms with E-state index in [0.717, 1.165) is 22.0 Å². The summed E-state index contributed by atoms with van der Waals surface area (Å²) >= 11 is 1.44. The van der Waals surface area contributed by atoms with E-state index in [1.54, 1.807) is 0 Å². The van der Waals surface area contributed by atoms with Crippen molar-refractivity contribution >= 4 is 34.5 Å². The van der Waals surface area contributed by atoms with Gasteiger partial charge in [-0.1, -0.05) is 54.2 Å². The summed E-state index contributed by atoms with van der Waals surface area (Å²) in [5, 5.41) is 9.58. The molecular weight excluding hydrogens is 386 g/mol. The van der Waals surface area contributed by atoms with Crippen LogP contribution in [0.1, 0.15) is 5.56 Å². The molecule has 1 amide bonds. The molecule has 2 aromatic carbocycles. The number of nitrogens with zero attached hydrogens (tertiary/aromatic N) is 5. The second-order valence-corrected chi connectivity index (χ2v) is 7.90. The number of rotatable bonds is 5.